The van der Waals surface area contributed by atoms with Gasteiger partial charge in [0.25, 0.3) is 0 Å². The third kappa shape index (κ3) is 8.03. The summed E-state index contributed by atoms with van der Waals surface area (Å²) in [6.07, 6.45) is 3.06. The molecule has 138 valence electrons. The minimum Gasteiger partial charge on any atom is -0.491 e. The van der Waals surface area contributed by atoms with Gasteiger partial charge in [0.05, 0.1) is 19.2 Å². The first-order valence-electron chi connectivity index (χ1n) is 8.92. The summed E-state index contributed by atoms with van der Waals surface area (Å²) in [7, 11) is 1.78. The molecule has 6 nitrogen and oxygen atoms in total. The number of hydrogen-bond acceptors (Lipinski definition) is 4. The Bertz CT molecular complexity index is 568. The highest BCUT2D eigenvalue weighted by molar-refractivity contribution is 5.81. The van der Waals surface area contributed by atoms with E-state index in [0.717, 1.165) is 30.6 Å². The number of rotatable bonds is 10. The smallest absolute Gasteiger partial charge is 0.234 e. The molecule has 2 amide bonds. The van der Waals surface area contributed by atoms with E-state index < -0.39 is 0 Å². The summed E-state index contributed by atoms with van der Waals surface area (Å²) in [6.45, 7) is 5.04. The van der Waals surface area contributed by atoms with Crippen LogP contribution in [0.5, 0.6) is 5.75 Å². The van der Waals surface area contributed by atoms with Gasteiger partial charge in [-0.3, -0.25) is 14.5 Å². The molecule has 0 atom stereocenters. The number of likely N-dealkylation sites (N-methyl/N-ethyl adjacent to an activating group) is 1. The molecule has 0 radical (unpaired) electrons. The van der Waals surface area contributed by atoms with Crippen LogP contribution in [-0.2, 0) is 16.0 Å². The average Bonchev–Trinajstić information content (AvgIpc) is 3.32. The normalized spacial score (nSPS) is 13.8. The van der Waals surface area contributed by atoms with Gasteiger partial charge in [0.1, 0.15) is 5.75 Å². The van der Waals surface area contributed by atoms with Crippen LogP contribution in [0, 0.1) is 0 Å². The summed E-state index contributed by atoms with van der Waals surface area (Å²) in [5, 5.41) is 5.81. The van der Waals surface area contributed by atoms with Crippen LogP contribution >= 0.6 is 0 Å². The Hall–Kier alpha value is -2.08. The molecule has 1 aromatic rings. The first-order chi connectivity index (χ1) is 11.9. The molecule has 2 rings (SSSR count). The van der Waals surface area contributed by atoms with Gasteiger partial charge in [-0.05, 0) is 57.9 Å². The summed E-state index contributed by atoms with van der Waals surface area (Å²) >= 11 is 0. The predicted octanol–water partition coefficient (Wildman–Crippen LogP) is 1.34. The molecule has 0 aromatic heterocycles. The summed E-state index contributed by atoms with van der Waals surface area (Å²) in [6, 6.07) is 8.27. The maximum absolute atomic E-state index is 11.9. The second-order valence-corrected chi connectivity index (χ2v) is 6.92. The number of nitrogens with one attached hydrogen (secondary N) is 2. The molecular formula is C19H29N3O3. The van der Waals surface area contributed by atoms with E-state index in [-0.39, 0.29) is 31.0 Å². The third-order valence-corrected chi connectivity index (χ3v) is 3.80. The molecule has 0 unspecified atom stereocenters. The molecule has 1 aliphatic rings. The Morgan fingerprint density at radius 1 is 1.16 bits per heavy atom. The van der Waals surface area contributed by atoms with E-state index in [2.05, 4.69) is 10.6 Å². The van der Waals surface area contributed by atoms with Crippen molar-refractivity contribution in [1.82, 2.24) is 15.5 Å². The SMILES string of the molecule is CC(C)Oc1ccc(CCNC(=O)CN(C)CC(=O)NC2CC2)cc1. The third-order valence-electron chi connectivity index (χ3n) is 3.80. The van der Waals surface area contributed by atoms with Gasteiger partial charge in [-0.1, -0.05) is 12.1 Å². The Kier molecular flexibility index (Phi) is 7.25. The molecule has 1 fully saturated rings. The Morgan fingerprint density at radius 3 is 2.40 bits per heavy atom. The second kappa shape index (κ2) is 9.42. The zero-order valence-corrected chi connectivity index (χ0v) is 15.4. The van der Waals surface area contributed by atoms with Crippen LogP contribution in [0.25, 0.3) is 0 Å². The topological polar surface area (TPSA) is 70.7 Å². The largest absolute Gasteiger partial charge is 0.491 e. The molecule has 0 aliphatic heterocycles. The van der Waals surface area contributed by atoms with E-state index in [1.165, 1.54) is 0 Å². The van der Waals surface area contributed by atoms with Gasteiger partial charge in [-0.2, -0.15) is 0 Å². The zero-order valence-electron chi connectivity index (χ0n) is 15.4. The molecule has 6 heteroatoms. The summed E-state index contributed by atoms with van der Waals surface area (Å²) < 4.78 is 5.61. The van der Waals surface area contributed by atoms with Crippen LogP contribution in [-0.4, -0.2) is 55.5 Å². The zero-order chi connectivity index (χ0) is 18.2. The van der Waals surface area contributed by atoms with E-state index in [0.29, 0.717) is 12.6 Å². The average molecular weight is 347 g/mol. The Balaban J connectivity index is 1.61. The van der Waals surface area contributed by atoms with Gasteiger partial charge in [-0.25, -0.2) is 0 Å². The molecule has 1 saturated carbocycles. The van der Waals surface area contributed by atoms with E-state index in [9.17, 15) is 9.59 Å². The number of nitrogens with zero attached hydrogens (tertiary/aromatic N) is 1. The van der Waals surface area contributed by atoms with Gasteiger partial charge < -0.3 is 15.4 Å². The van der Waals surface area contributed by atoms with E-state index >= 15 is 0 Å². The van der Waals surface area contributed by atoms with Crippen LogP contribution < -0.4 is 15.4 Å². The molecule has 25 heavy (non-hydrogen) atoms. The fourth-order valence-electron chi connectivity index (χ4n) is 2.46. The molecule has 0 bridgehead atoms. The quantitative estimate of drug-likeness (QED) is 0.670. The lowest BCUT2D eigenvalue weighted by Gasteiger charge is -2.16. The summed E-state index contributed by atoms with van der Waals surface area (Å²) in [5.41, 5.74) is 1.15. The lowest BCUT2D eigenvalue weighted by atomic mass is 10.1. The molecule has 2 N–H and O–H groups in total. The van der Waals surface area contributed by atoms with Gasteiger partial charge in [0.15, 0.2) is 0 Å². The minimum absolute atomic E-state index is 0.0125. The first-order valence-corrected chi connectivity index (χ1v) is 8.92. The van der Waals surface area contributed by atoms with Gasteiger partial charge in [0.2, 0.25) is 11.8 Å². The van der Waals surface area contributed by atoms with Crippen molar-refractivity contribution in [2.24, 2.45) is 0 Å². The van der Waals surface area contributed by atoms with Crippen LogP contribution in [0.3, 0.4) is 0 Å². The van der Waals surface area contributed by atoms with Crippen molar-refractivity contribution in [3.05, 3.63) is 29.8 Å². The van der Waals surface area contributed by atoms with Gasteiger partial charge in [-0.15, -0.1) is 0 Å². The number of carbonyl (C=O) groups excluding carboxylic acids is 2. The maximum Gasteiger partial charge on any atom is 0.234 e. The van der Waals surface area contributed by atoms with Crippen molar-refractivity contribution in [2.45, 2.75) is 45.3 Å². The lowest BCUT2D eigenvalue weighted by molar-refractivity contribution is -0.124. The second-order valence-electron chi connectivity index (χ2n) is 6.92. The van der Waals surface area contributed by atoms with Gasteiger partial charge in [0, 0.05) is 12.6 Å². The molecule has 1 aromatic carbocycles. The fraction of sp³-hybridized carbons (Fsp3) is 0.579. The number of amides is 2. The van der Waals surface area contributed by atoms with Gasteiger partial charge >= 0.3 is 0 Å². The van der Waals surface area contributed by atoms with Crippen molar-refractivity contribution < 1.29 is 14.3 Å². The van der Waals surface area contributed by atoms with Crippen molar-refractivity contribution in [3.63, 3.8) is 0 Å². The number of hydrogen-bond donors (Lipinski definition) is 2. The highest BCUT2D eigenvalue weighted by Gasteiger charge is 2.23. The molecule has 0 spiro atoms. The molecular weight excluding hydrogens is 318 g/mol. The van der Waals surface area contributed by atoms with Crippen molar-refractivity contribution >= 4 is 11.8 Å². The minimum atomic E-state index is -0.0681. The summed E-state index contributed by atoms with van der Waals surface area (Å²) in [5.74, 6) is 0.775. The standard InChI is InChI=1S/C19H29N3O3/c1-14(2)25-17-8-4-15(5-9-17)10-11-20-18(23)12-22(3)13-19(24)21-16-6-7-16/h4-5,8-9,14,16H,6-7,10-13H2,1-3H3,(H,20,23)(H,21,24). The first kappa shape index (κ1) is 19.2. The lowest BCUT2D eigenvalue weighted by Crippen LogP contribution is -2.41. The number of benzene rings is 1. The van der Waals surface area contributed by atoms with E-state index in [4.69, 9.17) is 4.74 Å². The van der Waals surface area contributed by atoms with Crippen molar-refractivity contribution in [3.8, 4) is 5.75 Å². The van der Waals surface area contributed by atoms with E-state index in [1.54, 1.807) is 11.9 Å². The Morgan fingerprint density at radius 2 is 1.80 bits per heavy atom. The van der Waals surface area contributed by atoms with Crippen molar-refractivity contribution in [1.29, 1.82) is 0 Å². The Labute approximate surface area is 149 Å². The monoisotopic (exact) mass is 347 g/mol. The fourth-order valence-corrected chi connectivity index (χ4v) is 2.46. The number of carbonyl (C=O) groups is 2. The summed E-state index contributed by atoms with van der Waals surface area (Å²) in [4.78, 5) is 25.3. The van der Waals surface area contributed by atoms with Crippen LogP contribution in [0.15, 0.2) is 24.3 Å². The molecule has 1 aliphatic carbocycles. The predicted molar refractivity (Wildman–Crippen MR) is 97.6 cm³/mol. The highest BCUT2D eigenvalue weighted by atomic mass is 16.5. The van der Waals surface area contributed by atoms with Crippen LogP contribution in [0.4, 0.5) is 0 Å². The maximum atomic E-state index is 11.9. The van der Waals surface area contributed by atoms with Crippen LogP contribution in [0.2, 0.25) is 0 Å². The molecule has 0 saturated heterocycles. The van der Waals surface area contributed by atoms with Crippen LogP contribution in [0.1, 0.15) is 32.3 Å². The number of ether oxygens (including phenoxy) is 1. The molecule has 0 heterocycles. The van der Waals surface area contributed by atoms with Crippen molar-refractivity contribution in [2.75, 3.05) is 26.7 Å². The highest BCUT2D eigenvalue weighted by Crippen LogP contribution is 2.18. The van der Waals surface area contributed by atoms with E-state index in [1.807, 2.05) is 38.1 Å².